The summed E-state index contributed by atoms with van der Waals surface area (Å²) in [7, 11) is 0. The molecule has 6 heteroatoms. The average Bonchev–Trinajstić information content (AvgIpc) is 2.52. The van der Waals surface area contributed by atoms with Crippen molar-refractivity contribution in [2.24, 2.45) is 0 Å². The van der Waals surface area contributed by atoms with Gasteiger partial charge in [-0.2, -0.15) is 0 Å². The molecule has 0 aromatic carbocycles. The van der Waals surface area contributed by atoms with Gasteiger partial charge in [0.2, 0.25) is 0 Å². The van der Waals surface area contributed by atoms with Crippen molar-refractivity contribution in [3.63, 3.8) is 0 Å². The number of esters is 1. The normalized spacial score (nSPS) is 9.88. The number of carboxylic acids is 2. The third-order valence-electron chi connectivity index (χ3n) is 3.07. The number of aliphatic carboxylic acids is 2. The topological polar surface area (TPSA) is 101 Å². The highest BCUT2D eigenvalue weighted by Gasteiger charge is 1.99. The summed E-state index contributed by atoms with van der Waals surface area (Å²) in [4.78, 5) is 30.1. The second-order valence-electron chi connectivity index (χ2n) is 5.24. The lowest BCUT2D eigenvalue weighted by molar-refractivity contribution is -0.138. The van der Waals surface area contributed by atoms with Gasteiger partial charge in [-0.05, 0) is 6.42 Å². The van der Waals surface area contributed by atoms with E-state index in [0.717, 1.165) is 12.8 Å². The van der Waals surface area contributed by atoms with Gasteiger partial charge in [0, 0.05) is 18.6 Å². The molecule has 0 spiro atoms. The Morgan fingerprint density at radius 3 is 1.62 bits per heavy atom. The number of carbonyl (C=O) groups excluding carboxylic acids is 1. The molecule has 138 valence electrons. The van der Waals surface area contributed by atoms with Crippen molar-refractivity contribution in [3.8, 4) is 0 Å². The Morgan fingerprint density at radius 2 is 1.25 bits per heavy atom. The minimum atomic E-state index is -1.26. The van der Waals surface area contributed by atoms with Crippen LogP contribution in [0.5, 0.6) is 0 Å². The minimum absolute atomic E-state index is 0.155. The van der Waals surface area contributed by atoms with Gasteiger partial charge in [0.25, 0.3) is 0 Å². The third-order valence-corrected chi connectivity index (χ3v) is 3.07. The number of hydrogen-bond acceptors (Lipinski definition) is 4. The highest BCUT2D eigenvalue weighted by atomic mass is 16.5. The van der Waals surface area contributed by atoms with Crippen LogP contribution in [0.1, 0.15) is 71.1 Å². The molecule has 0 aliphatic carbocycles. The van der Waals surface area contributed by atoms with E-state index in [4.69, 9.17) is 10.2 Å². The van der Waals surface area contributed by atoms with Gasteiger partial charge in [-0.3, -0.25) is 4.79 Å². The molecule has 0 radical (unpaired) electrons. The third kappa shape index (κ3) is 24.9. The summed E-state index contributed by atoms with van der Waals surface area (Å²) < 4.78 is 4.64. The Labute approximate surface area is 144 Å². The van der Waals surface area contributed by atoms with Crippen LogP contribution in [-0.4, -0.2) is 28.1 Å². The molecule has 0 amide bonds. The summed E-state index contributed by atoms with van der Waals surface area (Å²) in [5.41, 5.74) is 0. The zero-order chi connectivity index (χ0) is 18.6. The lowest BCUT2D eigenvalue weighted by Crippen LogP contribution is -1.98. The van der Waals surface area contributed by atoms with Crippen LogP contribution in [0.3, 0.4) is 0 Å². The molecule has 0 fully saturated rings. The fourth-order valence-electron chi connectivity index (χ4n) is 1.87. The summed E-state index contributed by atoms with van der Waals surface area (Å²) >= 11 is 0. The van der Waals surface area contributed by atoms with Crippen molar-refractivity contribution < 1.29 is 29.3 Å². The molecule has 0 heterocycles. The zero-order valence-electron chi connectivity index (χ0n) is 14.5. The molecule has 0 aromatic heterocycles. The maximum Gasteiger partial charge on any atom is 0.328 e. The van der Waals surface area contributed by atoms with Crippen molar-refractivity contribution in [1.82, 2.24) is 0 Å². The molecule has 0 aliphatic rings. The second kappa shape index (κ2) is 18.9. The van der Waals surface area contributed by atoms with E-state index in [1.807, 2.05) is 0 Å². The fraction of sp³-hybridized carbons (Fsp3) is 0.611. The molecule has 0 unspecified atom stereocenters. The van der Waals surface area contributed by atoms with Crippen LogP contribution >= 0.6 is 0 Å². The highest BCUT2D eigenvalue weighted by Crippen LogP contribution is 2.10. The van der Waals surface area contributed by atoms with Gasteiger partial charge in [-0.1, -0.05) is 64.9 Å². The molecule has 0 atom stereocenters. The van der Waals surface area contributed by atoms with Gasteiger partial charge in [-0.25, -0.2) is 9.59 Å². The SMILES string of the molecule is C=COC(=O)CCCCCCCCCCC.O=C(O)C=CC(=O)O. The Bertz CT molecular complexity index is 371. The number of rotatable bonds is 13. The zero-order valence-corrected chi connectivity index (χ0v) is 14.5. The van der Waals surface area contributed by atoms with Gasteiger partial charge in [0.05, 0.1) is 6.26 Å². The molecule has 0 aromatic rings. The van der Waals surface area contributed by atoms with Crippen LogP contribution in [0.15, 0.2) is 25.0 Å². The van der Waals surface area contributed by atoms with E-state index >= 15 is 0 Å². The highest BCUT2D eigenvalue weighted by molar-refractivity contribution is 5.89. The first kappa shape index (κ1) is 24.1. The van der Waals surface area contributed by atoms with Crippen LogP contribution < -0.4 is 0 Å². The van der Waals surface area contributed by atoms with Gasteiger partial charge < -0.3 is 14.9 Å². The van der Waals surface area contributed by atoms with Crippen LogP contribution in [0, 0.1) is 0 Å². The molecular weight excluding hydrogens is 312 g/mol. The Morgan fingerprint density at radius 1 is 0.833 bits per heavy atom. The molecule has 6 nitrogen and oxygen atoms in total. The number of carboxylic acid groups (broad SMARTS) is 2. The van der Waals surface area contributed by atoms with Gasteiger partial charge in [-0.15, -0.1) is 0 Å². The molecule has 0 rings (SSSR count). The standard InChI is InChI=1S/C14H26O2.C4H4O4/c1-3-5-6-7-8-9-10-11-12-13-14(15)16-4-2;5-3(6)1-2-4(7)8/h4H,2-3,5-13H2,1H3;1-2H,(H,5,6)(H,7,8). The van der Waals surface area contributed by atoms with Crippen LogP contribution in [0.4, 0.5) is 0 Å². The molecule has 0 bridgehead atoms. The van der Waals surface area contributed by atoms with Crippen LogP contribution in [0.25, 0.3) is 0 Å². The van der Waals surface area contributed by atoms with E-state index in [2.05, 4.69) is 18.2 Å². The molecule has 0 saturated carbocycles. The summed E-state index contributed by atoms with van der Waals surface area (Å²) in [6, 6.07) is 0. The van der Waals surface area contributed by atoms with E-state index in [9.17, 15) is 14.4 Å². The molecule has 0 saturated heterocycles. The van der Waals surface area contributed by atoms with Crippen molar-refractivity contribution in [3.05, 3.63) is 25.0 Å². The maximum absolute atomic E-state index is 11.0. The van der Waals surface area contributed by atoms with Gasteiger partial charge in [0.15, 0.2) is 0 Å². The average molecular weight is 342 g/mol. The van der Waals surface area contributed by atoms with Gasteiger partial charge in [0.1, 0.15) is 0 Å². The predicted molar refractivity (Wildman–Crippen MR) is 92.5 cm³/mol. The summed E-state index contributed by atoms with van der Waals surface area (Å²) in [5, 5.41) is 15.6. The second-order valence-corrected chi connectivity index (χ2v) is 5.24. The molecule has 2 N–H and O–H groups in total. The van der Waals surface area contributed by atoms with Crippen molar-refractivity contribution >= 4 is 17.9 Å². The van der Waals surface area contributed by atoms with Crippen molar-refractivity contribution in [2.75, 3.05) is 0 Å². The smallest absolute Gasteiger partial charge is 0.328 e. The summed E-state index contributed by atoms with van der Waals surface area (Å²) in [5.74, 6) is -2.67. The van der Waals surface area contributed by atoms with E-state index < -0.39 is 11.9 Å². The molecule has 0 aliphatic heterocycles. The van der Waals surface area contributed by atoms with E-state index in [1.54, 1.807) is 0 Å². The summed E-state index contributed by atoms with van der Waals surface area (Å²) in [6.07, 6.45) is 14.3. The number of ether oxygens (including phenoxy) is 1. The molecule has 24 heavy (non-hydrogen) atoms. The number of unbranched alkanes of at least 4 members (excludes halogenated alkanes) is 8. The fourth-order valence-corrected chi connectivity index (χ4v) is 1.87. The number of carbonyl (C=O) groups is 3. The first-order valence-electron chi connectivity index (χ1n) is 8.38. The molecular formula is C18H30O6. The first-order valence-corrected chi connectivity index (χ1v) is 8.38. The Hall–Kier alpha value is -2.11. The predicted octanol–water partition coefficient (Wildman–Crippen LogP) is 4.31. The lowest BCUT2D eigenvalue weighted by atomic mass is 10.1. The van der Waals surface area contributed by atoms with Crippen LogP contribution in [0.2, 0.25) is 0 Å². The van der Waals surface area contributed by atoms with E-state index in [1.165, 1.54) is 51.2 Å². The minimum Gasteiger partial charge on any atom is -0.478 e. The van der Waals surface area contributed by atoms with Gasteiger partial charge >= 0.3 is 17.9 Å². The first-order chi connectivity index (χ1) is 11.4. The largest absolute Gasteiger partial charge is 0.478 e. The maximum atomic E-state index is 11.0. The quantitative estimate of drug-likeness (QED) is 0.224. The summed E-state index contributed by atoms with van der Waals surface area (Å²) in [6.45, 7) is 5.59. The van der Waals surface area contributed by atoms with Crippen molar-refractivity contribution in [1.29, 1.82) is 0 Å². The van der Waals surface area contributed by atoms with E-state index in [0.29, 0.717) is 18.6 Å². The Balaban J connectivity index is 0. The Kier molecular flexibility index (Phi) is 19.1. The number of hydrogen-bond donors (Lipinski definition) is 2. The van der Waals surface area contributed by atoms with Crippen LogP contribution in [-0.2, 0) is 19.1 Å². The monoisotopic (exact) mass is 342 g/mol. The van der Waals surface area contributed by atoms with Crippen molar-refractivity contribution in [2.45, 2.75) is 71.1 Å². The van der Waals surface area contributed by atoms with E-state index in [-0.39, 0.29) is 5.97 Å². The lowest BCUT2D eigenvalue weighted by Gasteiger charge is -2.01.